The molecule has 2 amide bonds. The maximum absolute atomic E-state index is 11.5. The molecule has 0 aromatic carbocycles. The van der Waals surface area contributed by atoms with E-state index >= 15 is 0 Å². The zero-order valence-corrected chi connectivity index (χ0v) is 8.82. The highest BCUT2D eigenvalue weighted by Crippen LogP contribution is 2.44. The van der Waals surface area contributed by atoms with Gasteiger partial charge in [-0.05, 0) is 12.8 Å². The van der Waals surface area contributed by atoms with Gasteiger partial charge in [-0.25, -0.2) is 0 Å². The number of carbonyl (C=O) groups excluding carboxylic acids is 2. The molecule has 2 fully saturated rings. The summed E-state index contributed by atoms with van der Waals surface area (Å²) in [7, 11) is 1.51. The van der Waals surface area contributed by atoms with Crippen LogP contribution in [0.4, 0.5) is 0 Å². The maximum atomic E-state index is 11.5. The number of likely N-dealkylation sites (N-methyl/N-ethyl adjacent to an activating group) is 1. The number of carbonyl (C=O) groups is 2. The summed E-state index contributed by atoms with van der Waals surface area (Å²) >= 11 is 0. The number of aliphatic hydroxyl groups is 1. The lowest BCUT2D eigenvalue weighted by molar-refractivity contribution is -0.137. The van der Waals surface area contributed by atoms with Crippen molar-refractivity contribution in [2.75, 3.05) is 20.2 Å². The van der Waals surface area contributed by atoms with E-state index in [1.165, 1.54) is 7.05 Å². The van der Waals surface area contributed by atoms with Crippen molar-refractivity contribution in [3.63, 3.8) is 0 Å². The minimum atomic E-state index is -0.383. The number of aliphatic hydroxyl groups excluding tert-OH is 1. The fourth-order valence-electron chi connectivity index (χ4n) is 1.82. The van der Waals surface area contributed by atoms with Crippen molar-refractivity contribution in [1.82, 2.24) is 10.2 Å². The first kappa shape index (κ1) is 10.6. The van der Waals surface area contributed by atoms with Gasteiger partial charge in [0.1, 0.15) is 0 Å². The number of nitrogens with one attached hydrogen (secondary N) is 1. The van der Waals surface area contributed by atoms with Gasteiger partial charge in [0.15, 0.2) is 0 Å². The Morgan fingerprint density at radius 2 is 2.20 bits per heavy atom. The van der Waals surface area contributed by atoms with Crippen LogP contribution in [-0.2, 0) is 9.59 Å². The van der Waals surface area contributed by atoms with E-state index in [0.29, 0.717) is 6.54 Å². The molecule has 0 aromatic heterocycles. The number of rotatable bonds is 4. The Kier molecular flexibility index (Phi) is 2.52. The van der Waals surface area contributed by atoms with Gasteiger partial charge in [0.25, 0.3) is 0 Å². The van der Waals surface area contributed by atoms with E-state index in [0.717, 1.165) is 17.7 Å². The second-order valence-electron chi connectivity index (χ2n) is 4.59. The third-order valence-corrected chi connectivity index (χ3v) is 3.40. The van der Waals surface area contributed by atoms with Gasteiger partial charge in [-0.2, -0.15) is 0 Å². The Labute approximate surface area is 88.4 Å². The lowest BCUT2D eigenvalue weighted by Crippen LogP contribution is -2.40. The smallest absolute Gasteiger partial charge is 0.246 e. The van der Waals surface area contributed by atoms with Crippen LogP contribution in [0.25, 0.3) is 0 Å². The van der Waals surface area contributed by atoms with E-state index in [4.69, 9.17) is 5.11 Å². The zero-order chi connectivity index (χ0) is 11.1. The predicted molar refractivity (Wildman–Crippen MR) is 52.9 cm³/mol. The van der Waals surface area contributed by atoms with Gasteiger partial charge in [-0.1, -0.05) is 0 Å². The van der Waals surface area contributed by atoms with Crippen LogP contribution in [0, 0.1) is 5.41 Å². The summed E-state index contributed by atoms with van der Waals surface area (Å²) in [6, 6.07) is -0.383. The van der Waals surface area contributed by atoms with Gasteiger partial charge in [-0.15, -0.1) is 0 Å². The molecule has 84 valence electrons. The van der Waals surface area contributed by atoms with Gasteiger partial charge in [0.05, 0.1) is 12.5 Å². The lowest BCUT2D eigenvalue weighted by atomic mass is 10.1. The molecule has 1 aliphatic carbocycles. The number of amides is 2. The largest absolute Gasteiger partial charge is 0.396 e. The molecule has 5 heteroatoms. The maximum Gasteiger partial charge on any atom is 0.246 e. The Balaban J connectivity index is 1.86. The summed E-state index contributed by atoms with van der Waals surface area (Å²) in [5, 5.41) is 12.2. The Morgan fingerprint density at radius 3 is 2.60 bits per heavy atom. The standard InChI is InChI=1S/C10H16N2O3/c1-12-8(14)4-7(9(12)15)11-5-10(6-13)2-3-10/h7,11,13H,2-6H2,1H3. The number of hydrogen-bond acceptors (Lipinski definition) is 4. The summed E-state index contributed by atoms with van der Waals surface area (Å²) in [6.45, 7) is 0.783. The van der Waals surface area contributed by atoms with Crippen LogP contribution in [0.5, 0.6) is 0 Å². The first-order valence-corrected chi connectivity index (χ1v) is 5.23. The predicted octanol–water partition coefficient (Wildman–Crippen LogP) is -0.894. The molecule has 1 aliphatic heterocycles. The van der Waals surface area contributed by atoms with Gasteiger partial charge in [-0.3, -0.25) is 14.5 Å². The average Bonchev–Trinajstić information content (AvgIpc) is 2.97. The third kappa shape index (κ3) is 1.89. The Morgan fingerprint density at radius 1 is 1.53 bits per heavy atom. The average molecular weight is 212 g/mol. The molecule has 2 N–H and O–H groups in total. The number of nitrogens with zero attached hydrogens (tertiary/aromatic N) is 1. The normalized spacial score (nSPS) is 28.7. The fourth-order valence-corrected chi connectivity index (χ4v) is 1.82. The van der Waals surface area contributed by atoms with Crippen molar-refractivity contribution in [3.05, 3.63) is 0 Å². The minimum Gasteiger partial charge on any atom is -0.396 e. The summed E-state index contributed by atoms with van der Waals surface area (Å²) in [6.07, 6.45) is 2.25. The quantitative estimate of drug-likeness (QED) is 0.593. The molecule has 1 saturated heterocycles. The fraction of sp³-hybridized carbons (Fsp3) is 0.800. The first-order valence-electron chi connectivity index (χ1n) is 5.23. The molecule has 5 nitrogen and oxygen atoms in total. The van der Waals surface area contributed by atoms with E-state index in [1.54, 1.807) is 0 Å². The van der Waals surface area contributed by atoms with Crippen molar-refractivity contribution < 1.29 is 14.7 Å². The Hall–Kier alpha value is -0.940. The van der Waals surface area contributed by atoms with Crippen molar-refractivity contribution >= 4 is 11.8 Å². The van der Waals surface area contributed by atoms with Crippen molar-refractivity contribution in [1.29, 1.82) is 0 Å². The number of hydrogen-bond donors (Lipinski definition) is 2. The molecule has 15 heavy (non-hydrogen) atoms. The highest BCUT2D eigenvalue weighted by Gasteiger charge is 2.44. The topological polar surface area (TPSA) is 69.6 Å². The molecule has 1 unspecified atom stereocenters. The van der Waals surface area contributed by atoms with E-state index in [-0.39, 0.29) is 36.3 Å². The Bertz CT molecular complexity index is 299. The van der Waals surface area contributed by atoms with Crippen molar-refractivity contribution in [2.24, 2.45) is 5.41 Å². The lowest BCUT2D eigenvalue weighted by Gasteiger charge is -2.16. The van der Waals surface area contributed by atoms with Gasteiger partial charge in [0.2, 0.25) is 11.8 Å². The van der Waals surface area contributed by atoms with Gasteiger partial charge >= 0.3 is 0 Å². The zero-order valence-electron chi connectivity index (χ0n) is 8.82. The molecule has 1 heterocycles. The van der Waals surface area contributed by atoms with Crippen LogP contribution in [0.3, 0.4) is 0 Å². The van der Waals surface area contributed by atoms with Crippen LogP contribution >= 0.6 is 0 Å². The van der Waals surface area contributed by atoms with Gasteiger partial charge < -0.3 is 10.4 Å². The van der Waals surface area contributed by atoms with E-state index in [9.17, 15) is 9.59 Å². The van der Waals surface area contributed by atoms with E-state index < -0.39 is 0 Å². The molecule has 1 atom stereocenters. The van der Waals surface area contributed by atoms with Crippen molar-refractivity contribution in [3.8, 4) is 0 Å². The highest BCUT2D eigenvalue weighted by molar-refractivity contribution is 6.05. The molecular weight excluding hydrogens is 196 g/mol. The highest BCUT2D eigenvalue weighted by atomic mass is 16.3. The molecular formula is C10H16N2O3. The van der Waals surface area contributed by atoms with Gasteiger partial charge in [0, 0.05) is 25.6 Å². The summed E-state index contributed by atoms with van der Waals surface area (Å²) in [5.74, 6) is -0.292. The number of likely N-dealkylation sites (tertiary alicyclic amines) is 1. The molecule has 0 bridgehead atoms. The first-order chi connectivity index (χ1) is 7.08. The molecule has 1 saturated carbocycles. The third-order valence-electron chi connectivity index (χ3n) is 3.40. The van der Waals surface area contributed by atoms with Crippen LogP contribution in [0.2, 0.25) is 0 Å². The minimum absolute atomic E-state index is 0.0233. The molecule has 0 radical (unpaired) electrons. The molecule has 0 spiro atoms. The second-order valence-corrected chi connectivity index (χ2v) is 4.59. The van der Waals surface area contributed by atoms with Crippen LogP contribution in [-0.4, -0.2) is 48.1 Å². The van der Waals surface area contributed by atoms with Crippen molar-refractivity contribution in [2.45, 2.75) is 25.3 Å². The van der Waals surface area contributed by atoms with Crippen LogP contribution in [0.15, 0.2) is 0 Å². The molecule has 0 aromatic rings. The summed E-state index contributed by atoms with van der Waals surface area (Å²) < 4.78 is 0. The number of imide groups is 1. The molecule has 2 aliphatic rings. The summed E-state index contributed by atoms with van der Waals surface area (Å²) in [5.41, 5.74) is -0.0233. The van der Waals surface area contributed by atoms with Crippen LogP contribution < -0.4 is 5.32 Å². The van der Waals surface area contributed by atoms with E-state index in [2.05, 4.69) is 5.32 Å². The summed E-state index contributed by atoms with van der Waals surface area (Å²) in [4.78, 5) is 23.9. The second kappa shape index (κ2) is 3.57. The monoisotopic (exact) mass is 212 g/mol. The molecule has 2 rings (SSSR count). The SMILES string of the molecule is CN1C(=O)CC(NCC2(CO)CC2)C1=O. The van der Waals surface area contributed by atoms with E-state index in [1.807, 2.05) is 0 Å². The van der Waals surface area contributed by atoms with Crippen LogP contribution in [0.1, 0.15) is 19.3 Å².